The maximum Gasteiger partial charge on any atom is 0.331 e. The zero-order valence-electron chi connectivity index (χ0n) is 19.6. The van der Waals surface area contributed by atoms with Gasteiger partial charge in [0.1, 0.15) is 11.7 Å². The van der Waals surface area contributed by atoms with Gasteiger partial charge in [-0.15, -0.1) is 0 Å². The summed E-state index contributed by atoms with van der Waals surface area (Å²) in [5.74, 6) is 0. The lowest BCUT2D eigenvalue weighted by molar-refractivity contribution is 0.129. The Balaban J connectivity index is 1.75. The first-order chi connectivity index (χ1) is 16.7. The van der Waals surface area contributed by atoms with E-state index in [2.05, 4.69) is 10.6 Å². The number of nitrogens with zero attached hydrogens (tertiary/aromatic N) is 2. The van der Waals surface area contributed by atoms with Gasteiger partial charge in [-0.3, -0.25) is 9.80 Å². The number of nitrogens with one attached hydrogen (secondary N) is 2. The molecule has 2 atom stereocenters. The van der Waals surface area contributed by atoms with Crippen molar-refractivity contribution in [2.75, 3.05) is 28.8 Å². The van der Waals surface area contributed by atoms with Gasteiger partial charge in [-0.25, -0.2) is 9.59 Å². The van der Waals surface area contributed by atoms with Gasteiger partial charge in [0.25, 0.3) is 0 Å². The van der Waals surface area contributed by atoms with E-state index in [0.717, 1.165) is 5.56 Å². The predicted octanol–water partition coefficient (Wildman–Crippen LogP) is 6.30. The van der Waals surface area contributed by atoms with E-state index >= 15 is 0 Å². The number of hydrogen-bond donors (Lipinski definition) is 2. The van der Waals surface area contributed by atoms with E-state index in [4.69, 9.17) is 27.9 Å². The van der Waals surface area contributed by atoms with Crippen molar-refractivity contribution < 1.29 is 14.3 Å². The average molecular weight is 513 g/mol. The second-order valence-corrected chi connectivity index (χ2v) is 9.47. The third kappa shape index (κ3) is 5.07. The summed E-state index contributed by atoms with van der Waals surface area (Å²) in [6.07, 6.45) is -0.773. The van der Waals surface area contributed by atoms with Gasteiger partial charge in [0.15, 0.2) is 0 Å². The lowest BCUT2D eigenvalue weighted by Gasteiger charge is -2.38. The van der Waals surface area contributed by atoms with E-state index in [1.165, 1.54) is 0 Å². The van der Waals surface area contributed by atoms with Gasteiger partial charge in [0.05, 0.1) is 6.61 Å². The number of anilines is 3. The summed E-state index contributed by atoms with van der Waals surface area (Å²) in [5, 5.41) is 6.90. The summed E-state index contributed by atoms with van der Waals surface area (Å²) >= 11 is 12.1. The summed E-state index contributed by atoms with van der Waals surface area (Å²) in [4.78, 5) is 30.2. The molecule has 4 rings (SSSR count). The number of rotatable bonds is 6. The Hall–Kier alpha value is -3.26. The second-order valence-electron chi connectivity index (χ2n) is 8.60. The molecular formula is C26H26Cl2N4O3. The van der Waals surface area contributed by atoms with Crippen molar-refractivity contribution in [1.29, 1.82) is 0 Å². The van der Waals surface area contributed by atoms with Crippen molar-refractivity contribution in [2.24, 2.45) is 0 Å². The lowest BCUT2D eigenvalue weighted by atomic mass is 9.97. The minimum absolute atomic E-state index is 0.169. The summed E-state index contributed by atoms with van der Waals surface area (Å²) in [5.41, 5.74) is 1.98. The van der Waals surface area contributed by atoms with Gasteiger partial charge in [0.2, 0.25) is 0 Å². The Bertz CT molecular complexity index is 1200. The molecule has 182 valence electrons. The molecule has 4 amide bonds. The van der Waals surface area contributed by atoms with Crippen molar-refractivity contribution in [3.63, 3.8) is 0 Å². The number of halogens is 2. The van der Waals surface area contributed by atoms with Crippen LogP contribution < -0.4 is 20.4 Å². The van der Waals surface area contributed by atoms with Crippen LogP contribution in [0.5, 0.6) is 0 Å². The van der Waals surface area contributed by atoms with Gasteiger partial charge in [-0.05, 0) is 74.5 Å². The molecule has 1 heterocycles. The van der Waals surface area contributed by atoms with Crippen molar-refractivity contribution in [1.82, 2.24) is 5.32 Å². The fourth-order valence-corrected chi connectivity index (χ4v) is 4.53. The minimum Gasteiger partial charge on any atom is -0.382 e. The number of ether oxygens (including phenoxy) is 1. The molecule has 9 heteroatoms. The highest BCUT2D eigenvalue weighted by Crippen LogP contribution is 2.39. The molecule has 1 aliphatic heterocycles. The molecule has 0 bridgehead atoms. The molecule has 3 aromatic carbocycles. The predicted molar refractivity (Wildman–Crippen MR) is 141 cm³/mol. The summed E-state index contributed by atoms with van der Waals surface area (Å²) in [7, 11) is 1.57. The molecule has 0 spiro atoms. The quantitative estimate of drug-likeness (QED) is 0.406. The van der Waals surface area contributed by atoms with Crippen LogP contribution in [0, 0.1) is 6.92 Å². The molecule has 1 fully saturated rings. The lowest BCUT2D eigenvalue weighted by Crippen LogP contribution is -2.61. The SMILES string of the molecule is COCC1(C)C(NC(=O)Nc2ccc(Cl)cc2)N(c2ccc(Cl)cc2)C(=O)N1c1ccc(C)cc1. The summed E-state index contributed by atoms with van der Waals surface area (Å²) < 4.78 is 5.57. The molecule has 0 aliphatic carbocycles. The van der Waals surface area contributed by atoms with Crippen LogP contribution in [0.3, 0.4) is 0 Å². The minimum atomic E-state index is -0.946. The van der Waals surface area contributed by atoms with Gasteiger partial charge in [0, 0.05) is 34.2 Å². The van der Waals surface area contributed by atoms with Crippen LogP contribution in [0.15, 0.2) is 72.8 Å². The zero-order valence-corrected chi connectivity index (χ0v) is 21.1. The topological polar surface area (TPSA) is 73.9 Å². The number of aryl methyl sites for hydroxylation is 1. The third-order valence-electron chi connectivity index (χ3n) is 5.96. The average Bonchev–Trinajstić information content (AvgIpc) is 3.03. The molecular weight excluding hydrogens is 487 g/mol. The number of urea groups is 2. The van der Waals surface area contributed by atoms with E-state index in [1.54, 1.807) is 65.4 Å². The highest BCUT2D eigenvalue weighted by molar-refractivity contribution is 6.31. The molecule has 1 saturated heterocycles. The van der Waals surface area contributed by atoms with Crippen LogP contribution >= 0.6 is 23.2 Å². The van der Waals surface area contributed by atoms with Gasteiger partial charge < -0.3 is 15.4 Å². The Morgan fingerprint density at radius 1 is 0.943 bits per heavy atom. The monoisotopic (exact) mass is 512 g/mol. The third-order valence-corrected chi connectivity index (χ3v) is 6.46. The van der Waals surface area contributed by atoms with E-state index in [1.807, 2.05) is 38.1 Å². The van der Waals surface area contributed by atoms with Crippen molar-refractivity contribution >= 4 is 52.3 Å². The number of carbonyl (C=O) groups excluding carboxylic acids is 2. The van der Waals surface area contributed by atoms with Crippen LogP contribution in [0.25, 0.3) is 0 Å². The van der Waals surface area contributed by atoms with Crippen LogP contribution in [-0.4, -0.2) is 37.5 Å². The Labute approximate surface area is 214 Å². The van der Waals surface area contributed by atoms with Crippen LogP contribution in [0.1, 0.15) is 12.5 Å². The molecule has 2 unspecified atom stereocenters. The molecule has 0 radical (unpaired) electrons. The van der Waals surface area contributed by atoms with Gasteiger partial charge >= 0.3 is 12.1 Å². The normalized spacial score (nSPS) is 19.7. The Morgan fingerprint density at radius 3 is 2.06 bits per heavy atom. The largest absolute Gasteiger partial charge is 0.382 e. The standard InChI is InChI=1S/C26H26Cl2N4O3/c1-17-4-12-22(13-5-17)32-25(34)31(21-14-8-19(28)9-15-21)23(26(32,2)16-35-3)30-24(33)29-20-10-6-18(27)7-11-20/h4-15,23H,16H2,1-3H3,(H2,29,30,33). The fraction of sp³-hybridized carbons (Fsp3) is 0.231. The molecule has 0 aromatic heterocycles. The smallest absolute Gasteiger partial charge is 0.331 e. The number of carbonyl (C=O) groups is 2. The first-order valence-corrected chi connectivity index (χ1v) is 11.8. The Kier molecular flexibility index (Phi) is 7.21. The van der Waals surface area contributed by atoms with E-state index in [-0.39, 0.29) is 12.6 Å². The van der Waals surface area contributed by atoms with E-state index in [0.29, 0.717) is 27.1 Å². The molecule has 7 nitrogen and oxygen atoms in total. The molecule has 1 aliphatic rings. The zero-order chi connectivity index (χ0) is 25.2. The molecule has 0 saturated carbocycles. The number of benzene rings is 3. The van der Waals surface area contributed by atoms with Crippen molar-refractivity contribution in [2.45, 2.75) is 25.6 Å². The molecule has 3 aromatic rings. The maximum absolute atomic E-state index is 13.9. The second kappa shape index (κ2) is 10.2. The first-order valence-electron chi connectivity index (χ1n) is 11.0. The highest BCUT2D eigenvalue weighted by atomic mass is 35.5. The maximum atomic E-state index is 13.9. The number of amides is 4. The van der Waals surface area contributed by atoms with Gasteiger partial charge in [-0.2, -0.15) is 0 Å². The molecule has 2 N–H and O–H groups in total. The number of methoxy groups -OCH3 is 1. The van der Waals surface area contributed by atoms with Gasteiger partial charge in [-0.1, -0.05) is 40.9 Å². The van der Waals surface area contributed by atoms with E-state index in [9.17, 15) is 9.59 Å². The number of hydrogen-bond acceptors (Lipinski definition) is 3. The first kappa shape index (κ1) is 24.9. The van der Waals surface area contributed by atoms with Crippen LogP contribution in [-0.2, 0) is 4.74 Å². The molecule has 35 heavy (non-hydrogen) atoms. The fourth-order valence-electron chi connectivity index (χ4n) is 4.28. The van der Waals surface area contributed by atoms with Crippen LogP contribution in [0.2, 0.25) is 10.0 Å². The van der Waals surface area contributed by atoms with Crippen molar-refractivity contribution in [3.8, 4) is 0 Å². The summed E-state index contributed by atoms with van der Waals surface area (Å²) in [6.45, 7) is 4.04. The van der Waals surface area contributed by atoms with Crippen molar-refractivity contribution in [3.05, 3.63) is 88.4 Å². The summed E-state index contributed by atoms with van der Waals surface area (Å²) in [6, 6.07) is 20.6. The Morgan fingerprint density at radius 2 is 1.49 bits per heavy atom. The van der Waals surface area contributed by atoms with Crippen LogP contribution in [0.4, 0.5) is 26.7 Å². The highest BCUT2D eigenvalue weighted by Gasteiger charge is 2.56. The van der Waals surface area contributed by atoms with E-state index < -0.39 is 17.7 Å².